The van der Waals surface area contributed by atoms with Crippen LogP contribution in [0.2, 0.25) is 10.0 Å². The number of hydrogen-bond donors (Lipinski definition) is 1. The number of amides is 2. The monoisotopic (exact) mass is 603 g/mol. The Hall–Kier alpha value is -3.07. The SMILES string of the molecule is CCCNC(=O)[C@H](Cc1ccccc1)N(Cc1ccc(Cl)cc1Cl)C(=O)CN(c1cccc(C)c1C)S(C)(=O)=O. The Morgan fingerprint density at radius 1 is 0.975 bits per heavy atom. The molecule has 0 aliphatic rings. The van der Waals surface area contributed by atoms with Crippen LogP contribution in [0, 0.1) is 13.8 Å². The van der Waals surface area contributed by atoms with Gasteiger partial charge in [0.25, 0.3) is 0 Å². The third-order valence-electron chi connectivity index (χ3n) is 6.70. The van der Waals surface area contributed by atoms with Gasteiger partial charge in [0, 0.05) is 29.6 Å². The number of benzene rings is 3. The van der Waals surface area contributed by atoms with Gasteiger partial charge in [-0.1, -0.05) is 78.7 Å². The molecule has 214 valence electrons. The molecule has 0 saturated carbocycles. The van der Waals surface area contributed by atoms with Crippen molar-refractivity contribution in [1.82, 2.24) is 10.2 Å². The molecule has 1 N–H and O–H groups in total. The number of carbonyl (C=O) groups is 2. The van der Waals surface area contributed by atoms with Crippen LogP contribution in [0.25, 0.3) is 0 Å². The van der Waals surface area contributed by atoms with E-state index in [1.54, 1.807) is 30.3 Å². The molecule has 0 saturated heterocycles. The molecule has 0 fully saturated rings. The molecular formula is C30H35Cl2N3O4S. The second-order valence-electron chi connectivity index (χ2n) is 9.74. The first-order valence-electron chi connectivity index (χ1n) is 13.0. The van der Waals surface area contributed by atoms with E-state index in [1.807, 2.05) is 57.2 Å². The van der Waals surface area contributed by atoms with E-state index >= 15 is 0 Å². The summed E-state index contributed by atoms with van der Waals surface area (Å²) in [7, 11) is -3.85. The molecule has 3 rings (SSSR count). The lowest BCUT2D eigenvalue weighted by atomic mass is 10.0. The third kappa shape index (κ3) is 8.22. The summed E-state index contributed by atoms with van der Waals surface area (Å²) in [6.07, 6.45) is 2.02. The minimum absolute atomic E-state index is 0.0176. The molecule has 3 aromatic carbocycles. The summed E-state index contributed by atoms with van der Waals surface area (Å²) in [5.41, 5.74) is 3.49. The van der Waals surface area contributed by atoms with Crippen molar-refractivity contribution in [3.8, 4) is 0 Å². The van der Waals surface area contributed by atoms with Crippen LogP contribution in [0.1, 0.15) is 35.6 Å². The topological polar surface area (TPSA) is 86.8 Å². The van der Waals surface area contributed by atoms with Crippen molar-refractivity contribution in [2.75, 3.05) is 23.7 Å². The summed E-state index contributed by atoms with van der Waals surface area (Å²) in [6.45, 7) is 5.57. The molecule has 0 radical (unpaired) electrons. The van der Waals surface area contributed by atoms with Gasteiger partial charge in [-0.15, -0.1) is 0 Å². The zero-order valence-electron chi connectivity index (χ0n) is 23.2. The van der Waals surface area contributed by atoms with Crippen molar-refractivity contribution >= 4 is 50.7 Å². The van der Waals surface area contributed by atoms with E-state index in [2.05, 4.69) is 5.32 Å². The lowest BCUT2D eigenvalue weighted by Gasteiger charge is -2.34. The molecule has 0 aliphatic heterocycles. The van der Waals surface area contributed by atoms with Crippen molar-refractivity contribution in [1.29, 1.82) is 0 Å². The summed E-state index contributed by atoms with van der Waals surface area (Å²) in [5, 5.41) is 3.69. The summed E-state index contributed by atoms with van der Waals surface area (Å²) >= 11 is 12.6. The predicted molar refractivity (Wildman–Crippen MR) is 162 cm³/mol. The van der Waals surface area contributed by atoms with Crippen LogP contribution in [0.15, 0.2) is 66.7 Å². The highest BCUT2D eigenvalue weighted by molar-refractivity contribution is 7.92. The Morgan fingerprint density at radius 2 is 1.68 bits per heavy atom. The van der Waals surface area contributed by atoms with Crippen molar-refractivity contribution in [2.45, 2.75) is 46.2 Å². The van der Waals surface area contributed by atoms with Crippen LogP contribution in [0.3, 0.4) is 0 Å². The Kier molecular flexibility index (Phi) is 11.0. The molecule has 1 atom stereocenters. The van der Waals surface area contributed by atoms with E-state index in [0.29, 0.717) is 27.8 Å². The number of sulfonamides is 1. The van der Waals surface area contributed by atoms with Gasteiger partial charge in [0.15, 0.2) is 0 Å². The van der Waals surface area contributed by atoms with Crippen LogP contribution in [-0.4, -0.2) is 50.5 Å². The van der Waals surface area contributed by atoms with E-state index in [4.69, 9.17) is 23.2 Å². The first-order chi connectivity index (χ1) is 18.9. The number of anilines is 1. The lowest BCUT2D eigenvalue weighted by Crippen LogP contribution is -2.53. The summed E-state index contributed by atoms with van der Waals surface area (Å²) in [4.78, 5) is 29.1. The van der Waals surface area contributed by atoms with Crippen LogP contribution in [0.4, 0.5) is 5.69 Å². The van der Waals surface area contributed by atoms with Crippen molar-refractivity contribution < 1.29 is 18.0 Å². The number of halogens is 2. The molecule has 0 heterocycles. The van der Waals surface area contributed by atoms with Crippen molar-refractivity contribution in [2.24, 2.45) is 0 Å². The Bertz CT molecular complexity index is 1450. The second-order valence-corrected chi connectivity index (χ2v) is 12.5. The normalized spacial score (nSPS) is 12.1. The first kappa shape index (κ1) is 31.5. The van der Waals surface area contributed by atoms with Gasteiger partial charge in [0.1, 0.15) is 12.6 Å². The highest BCUT2D eigenvalue weighted by atomic mass is 35.5. The maximum Gasteiger partial charge on any atom is 0.244 e. The summed E-state index contributed by atoms with van der Waals surface area (Å²) in [6, 6.07) is 18.7. The van der Waals surface area contributed by atoms with Gasteiger partial charge in [0.05, 0.1) is 11.9 Å². The molecule has 0 bridgehead atoms. The van der Waals surface area contributed by atoms with Crippen molar-refractivity contribution in [3.05, 3.63) is 99.0 Å². The van der Waals surface area contributed by atoms with E-state index in [1.165, 1.54) is 4.90 Å². The van der Waals surface area contributed by atoms with Crippen LogP contribution < -0.4 is 9.62 Å². The van der Waals surface area contributed by atoms with Gasteiger partial charge >= 0.3 is 0 Å². The number of rotatable bonds is 12. The highest BCUT2D eigenvalue weighted by Crippen LogP contribution is 2.27. The summed E-state index contributed by atoms with van der Waals surface area (Å²) < 4.78 is 27.1. The number of aryl methyl sites for hydroxylation is 1. The molecule has 0 unspecified atom stereocenters. The maximum absolute atomic E-state index is 14.1. The van der Waals surface area contributed by atoms with E-state index in [9.17, 15) is 18.0 Å². The molecular weight excluding hydrogens is 569 g/mol. The predicted octanol–water partition coefficient (Wildman–Crippen LogP) is 5.54. The van der Waals surface area contributed by atoms with Crippen molar-refractivity contribution in [3.63, 3.8) is 0 Å². The number of nitrogens with one attached hydrogen (secondary N) is 1. The van der Waals surface area contributed by atoms with Gasteiger partial charge in [-0.3, -0.25) is 13.9 Å². The maximum atomic E-state index is 14.1. The molecule has 0 aromatic heterocycles. The average molecular weight is 605 g/mol. The number of carbonyl (C=O) groups excluding carboxylic acids is 2. The second kappa shape index (κ2) is 14.0. The zero-order valence-corrected chi connectivity index (χ0v) is 25.5. The Morgan fingerprint density at radius 3 is 2.30 bits per heavy atom. The Labute approximate surface area is 247 Å². The quantitative estimate of drug-likeness (QED) is 0.294. The van der Waals surface area contributed by atoms with Gasteiger partial charge in [-0.2, -0.15) is 0 Å². The van der Waals surface area contributed by atoms with Crippen LogP contribution >= 0.6 is 23.2 Å². The van der Waals surface area contributed by atoms with E-state index in [0.717, 1.165) is 33.7 Å². The van der Waals surface area contributed by atoms with Crippen LogP contribution in [-0.2, 0) is 32.6 Å². The van der Waals surface area contributed by atoms with Gasteiger partial charge in [-0.25, -0.2) is 8.42 Å². The summed E-state index contributed by atoms with van der Waals surface area (Å²) in [5.74, 6) is -0.869. The molecule has 2 amide bonds. The molecule has 7 nitrogen and oxygen atoms in total. The lowest BCUT2D eigenvalue weighted by molar-refractivity contribution is -0.140. The van der Waals surface area contributed by atoms with E-state index in [-0.39, 0.29) is 18.9 Å². The Balaban J connectivity index is 2.10. The number of hydrogen-bond acceptors (Lipinski definition) is 4. The smallest absolute Gasteiger partial charge is 0.244 e. The van der Waals surface area contributed by atoms with Gasteiger partial charge in [-0.05, 0) is 60.7 Å². The largest absolute Gasteiger partial charge is 0.354 e. The zero-order chi connectivity index (χ0) is 29.4. The highest BCUT2D eigenvalue weighted by Gasteiger charge is 2.33. The van der Waals surface area contributed by atoms with Gasteiger partial charge in [0.2, 0.25) is 21.8 Å². The minimum atomic E-state index is -3.85. The number of nitrogens with zero attached hydrogens (tertiary/aromatic N) is 2. The minimum Gasteiger partial charge on any atom is -0.354 e. The average Bonchev–Trinajstić information content (AvgIpc) is 2.90. The van der Waals surface area contributed by atoms with E-state index < -0.39 is 28.5 Å². The molecule has 3 aromatic rings. The fraction of sp³-hybridized carbons (Fsp3) is 0.333. The third-order valence-corrected chi connectivity index (χ3v) is 8.41. The molecule has 0 spiro atoms. The fourth-order valence-corrected chi connectivity index (χ4v) is 5.72. The fourth-order valence-electron chi connectivity index (χ4n) is 4.35. The molecule has 40 heavy (non-hydrogen) atoms. The standard InChI is InChI=1S/C30H35Cl2N3O4S/c1-5-16-33-30(37)28(17-23-11-7-6-8-12-23)34(19-24-14-15-25(31)18-26(24)32)29(36)20-35(40(4,38)39)27-13-9-10-21(2)22(27)3/h6-15,18,28H,5,16-17,19-20H2,1-4H3,(H,33,37)/t28-/m0/s1. The molecule has 10 heteroatoms. The first-order valence-corrected chi connectivity index (χ1v) is 15.6. The molecule has 0 aliphatic carbocycles. The van der Waals surface area contributed by atoms with Crippen LogP contribution in [0.5, 0.6) is 0 Å². The van der Waals surface area contributed by atoms with Gasteiger partial charge < -0.3 is 10.2 Å².